The highest BCUT2D eigenvalue weighted by atomic mass is 16.6. The minimum Gasteiger partial charge on any atom is -0.485 e. The van der Waals surface area contributed by atoms with Gasteiger partial charge in [-0.15, -0.1) is 0 Å². The molecule has 2 aromatic carbocycles. The predicted octanol–water partition coefficient (Wildman–Crippen LogP) is 5.04. The maximum atomic E-state index is 13.6. The van der Waals surface area contributed by atoms with Crippen LogP contribution in [0.2, 0.25) is 0 Å². The summed E-state index contributed by atoms with van der Waals surface area (Å²) >= 11 is 0. The molecule has 1 unspecified atom stereocenters. The molecule has 1 atom stereocenters. The number of fused-ring (bicyclic) bond motifs is 1. The highest BCUT2D eigenvalue weighted by Gasteiger charge is 2.29. The van der Waals surface area contributed by atoms with E-state index in [1.165, 1.54) is 0 Å². The molecular formula is C31H34N4O4. The standard InChI is InChI=1S/C31H34N4O4/c1-3-38-31(37)34-18-16-33(17-19-34)29(36)20-26(25-13-8-7-10-23(25)2)27-21-32-30-28(14-9-15-35(27)30)39-22-24-11-5-4-6-12-24/h4-15,21,26H,3,16-20,22H2,1-2H3. The van der Waals surface area contributed by atoms with Gasteiger partial charge in [0.1, 0.15) is 6.61 Å². The third-order valence-corrected chi connectivity index (χ3v) is 7.22. The van der Waals surface area contributed by atoms with Gasteiger partial charge in [-0.05, 0) is 42.7 Å². The molecule has 1 saturated heterocycles. The first-order valence-corrected chi connectivity index (χ1v) is 13.4. The monoisotopic (exact) mass is 526 g/mol. The van der Waals surface area contributed by atoms with Crippen LogP contribution >= 0.6 is 0 Å². The summed E-state index contributed by atoms with van der Waals surface area (Å²) in [6.07, 6.45) is 3.81. The molecule has 0 aliphatic carbocycles. The van der Waals surface area contributed by atoms with E-state index in [4.69, 9.17) is 14.5 Å². The molecule has 0 spiro atoms. The van der Waals surface area contributed by atoms with Gasteiger partial charge < -0.3 is 23.7 Å². The molecule has 0 radical (unpaired) electrons. The number of carbonyl (C=O) groups is 2. The normalized spacial score (nSPS) is 14.3. The summed E-state index contributed by atoms with van der Waals surface area (Å²) in [5, 5.41) is 0. The van der Waals surface area contributed by atoms with E-state index in [2.05, 4.69) is 19.1 Å². The Bertz CT molecular complexity index is 1430. The van der Waals surface area contributed by atoms with E-state index in [1.54, 1.807) is 11.8 Å². The Hall–Kier alpha value is -4.33. The number of pyridine rings is 1. The van der Waals surface area contributed by atoms with E-state index in [0.717, 1.165) is 28.0 Å². The van der Waals surface area contributed by atoms with Gasteiger partial charge in [0, 0.05) is 50.9 Å². The van der Waals surface area contributed by atoms with Gasteiger partial charge >= 0.3 is 6.09 Å². The van der Waals surface area contributed by atoms with Crippen molar-refractivity contribution >= 4 is 17.6 Å². The largest absolute Gasteiger partial charge is 0.485 e. The molecule has 8 nitrogen and oxygen atoms in total. The molecular weight excluding hydrogens is 492 g/mol. The maximum absolute atomic E-state index is 13.6. The molecule has 5 rings (SSSR count). The third kappa shape index (κ3) is 5.90. The predicted molar refractivity (Wildman–Crippen MR) is 149 cm³/mol. The molecule has 2 aromatic heterocycles. The van der Waals surface area contributed by atoms with Gasteiger partial charge in [-0.1, -0.05) is 54.6 Å². The van der Waals surface area contributed by atoms with Crippen molar-refractivity contribution in [1.82, 2.24) is 19.2 Å². The summed E-state index contributed by atoms with van der Waals surface area (Å²) in [7, 11) is 0. The van der Waals surface area contributed by atoms with Crippen molar-refractivity contribution in [2.75, 3.05) is 32.8 Å². The van der Waals surface area contributed by atoms with E-state index in [1.807, 2.05) is 76.3 Å². The molecule has 3 heterocycles. The van der Waals surface area contributed by atoms with Gasteiger partial charge in [0.2, 0.25) is 5.91 Å². The van der Waals surface area contributed by atoms with Crippen molar-refractivity contribution < 1.29 is 19.1 Å². The van der Waals surface area contributed by atoms with Gasteiger partial charge in [0.25, 0.3) is 0 Å². The number of piperazine rings is 1. The summed E-state index contributed by atoms with van der Waals surface area (Å²) in [5.41, 5.74) is 4.94. The number of benzene rings is 2. The molecule has 2 amide bonds. The van der Waals surface area contributed by atoms with Gasteiger partial charge in [-0.3, -0.25) is 4.79 Å². The van der Waals surface area contributed by atoms with E-state index in [-0.39, 0.29) is 17.9 Å². The zero-order valence-corrected chi connectivity index (χ0v) is 22.5. The van der Waals surface area contributed by atoms with E-state index < -0.39 is 0 Å². The molecule has 39 heavy (non-hydrogen) atoms. The van der Waals surface area contributed by atoms with Gasteiger partial charge in [-0.2, -0.15) is 0 Å². The molecule has 1 aliphatic heterocycles. The molecule has 0 N–H and O–H groups in total. The Morgan fingerprint density at radius 1 is 0.923 bits per heavy atom. The van der Waals surface area contributed by atoms with Crippen LogP contribution in [0.4, 0.5) is 4.79 Å². The topological polar surface area (TPSA) is 76.4 Å². The average molecular weight is 527 g/mol. The first-order valence-electron chi connectivity index (χ1n) is 13.4. The molecule has 0 saturated carbocycles. The number of ether oxygens (including phenoxy) is 2. The van der Waals surface area contributed by atoms with E-state index in [0.29, 0.717) is 51.6 Å². The highest BCUT2D eigenvalue weighted by Crippen LogP contribution is 2.33. The van der Waals surface area contributed by atoms with E-state index >= 15 is 0 Å². The first-order chi connectivity index (χ1) is 19.0. The second-order valence-corrected chi connectivity index (χ2v) is 9.70. The van der Waals surface area contributed by atoms with Gasteiger partial charge in [0.05, 0.1) is 12.3 Å². The van der Waals surface area contributed by atoms with Crippen molar-refractivity contribution in [3.63, 3.8) is 0 Å². The van der Waals surface area contributed by atoms with Crippen LogP contribution in [0, 0.1) is 6.92 Å². The summed E-state index contributed by atoms with van der Waals surface area (Å²) in [6.45, 7) is 6.57. The summed E-state index contributed by atoms with van der Waals surface area (Å²) in [6, 6.07) is 22.1. The SMILES string of the molecule is CCOC(=O)N1CCN(C(=O)CC(c2ccccc2C)c2cnc3c(OCc4ccccc4)cccn23)CC1. The lowest BCUT2D eigenvalue weighted by atomic mass is 9.89. The number of aryl methyl sites for hydroxylation is 1. The molecule has 0 bridgehead atoms. The van der Waals surface area contributed by atoms with E-state index in [9.17, 15) is 9.59 Å². The number of amides is 2. The number of hydrogen-bond acceptors (Lipinski definition) is 5. The zero-order valence-electron chi connectivity index (χ0n) is 22.5. The minimum absolute atomic E-state index is 0.0539. The molecule has 202 valence electrons. The number of hydrogen-bond donors (Lipinski definition) is 0. The Morgan fingerprint density at radius 2 is 1.64 bits per heavy atom. The number of aromatic nitrogens is 2. The van der Waals surface area contributed by atoms with Crippen molar-refractivity contribution in [2.45, 2.75) is 32.8 Å². The smallest absolute Gasteiger partial charge is 0.409 e. The number of nitrogens with zero attached hydrogens (tertiary/aromatic N) is 4. The fraction of sp³-hybridized carbons (Fsp3) is 0.323. The quantitative estimate of drug-likeness (QED) is 0.321. The Labute approximate surface area is 228 Å². The van der Waals surface area contributed by atoms with Crippen LogP contribution in [0.3, 0.4) is 0 Å². The first kappa shape index (κ1) is 26.3. The molecule has 1 fully saturated rings. The highest BCUT2D eigenvalue weighted by molar-refractivity contribution is 5.78. The lowest BCUT2D eigenvalue weighted by molar-refractivity contribution is -0.133. The Balaban J connectivity index is 1.39. The van der Waals surface area contributed by atoms with Crippen LogP contribution in [0.15, 0.2) is 79.1 Å². The van der Waals surface area contributed by atoms with Crippen LogP contribution in [0.1, 0.15) is 41.6 Å². The van der Waals surface area contributed by atoms with Crippen molar-refractivity contribution in [3.8, 4) is 5.75 Å². The lowest BCUT2D eigenvalue weighted by Crippen LogP contribution is -2.51. The number of carbonyl (C=O) groups excluding carboxylic acids is 2. The van der Waals surface area contributed by atoms with Crippen LogP contribution in [0.5, 0.6) is 5.75 Å². The van der Waals surface area contributed by atoms with Crippen LogP contribution in [0.25, 0.3) is 5.65 Å². The number of imidazole rings is 1. The second kappa shape index (κ2) is 12.0. The molecule has 1 aliphatic rings. The van der Waals surface area contributed by atoms with Crippen molar-refractivity contribution in [2.24, 2.45) is 0 Å². The second-order valence-electron chi connectivity index (χ2n) is 9.70. The lowest BCUT2D eigenvalue weighted by Gasteiger charge is -2.35. The van der Waals surface area contributed by atoms with Gasteiger partial charge in [-0.25, -0.2) is 9.78 Å². The summed E-state index contributed by atoms with van der Waals surface area (Å²) in [4.78, 5) is 33.9. The Morgan fingerprint density at radius 3 is 2.38 bits per heavy atom. The summed E-state index contributed by atoms with van der Waals surface area (Å²) in [5.74, 6) is 0.553. The van der Waals surface area contributed by atoms with Gasteiger partial charge in [0.15, 0.2) is 11.4 Å². The molecule has 4 aromatic rings. The maximum Gasteiger partial charge on any atom is 0.409 e. The van der Waals surface area contributed by atoms with Crippen molar-refractivity contribution in [1.29, 1.82) is 0 Å². The third-order valence-electron chi connectivity index (χ3n) is 7.22. The summed E-state index contributed by atoms with van der Waals surface area (Å²) < 4.78 is 13.3. The van der Waals surface area contributed by atoms with Crippen molar-refractivity contribution in [3.05, 3.63) is 102 Å². The van der Waals surface area contributed by atoms with Crippen LogP contribution in [-0.2, 0) is 16.1 Å². The fourth-order valence-corrected chi connectivity index (χ4v) is 5.12. The Kier molecular flexibility index (Phi) is 8.10. The molecule has 8 heteroatoms. The number of rotatable bonds is 8. The van der Waals surface area contributed by atoms with Crippen LogP contribution < -0.4 is 4.74 Å². The zero-order chi connectivity index (χ0) is 27.2. The van der Waals surface area contributed by atoms with Crippen LogP contribution in [-0.4, -0.2) is 64.0 Å². The average Bonchev–Trinajstić information content (AvgIpc) is 3.40. The minimum atomic E-state index is -0.321. The fourth-order valence-electron chi connectivity index (χ4n) is 5.12.